The zero-order chi connectivity index (χ0) is 12.8. The largest absolute Gasteiger partial charge is 0.352 e. The van der Waals surface area contributed by atoms with E-state index < -0.39 is 0 Å². The van der Waals surface area contributed by atoms with Crippen molar-refractivity contribution in [3.05, 3.63) is 65.5 Å². The third-order valence-electron chi connectivity index (χ3n) is 2.76. The summed E-state index contributed by atoms with van der Waals surface area (Å²) < 4.78 is 0. The molecule has 0 aliphatic heterocycles. The molecule has 4 heteroatoms. The molecule has 2 rings (SSSR count). The fourth-order valence-corrected chi connectivity index (χ4v) is 1.68. The van der Waals surface area contributed by atoms with Crippen molar-refractivity contribution in [2.45, 2.75) is 13.3 Å². The van der Waals surface area contributed by atoms with Crippen molar-refractivity contribution < 1.29 is 4.79 Å². The highest BCUT2D eigenvalue weighted by molar-refractivity contribution is 5.93. The Morgan fingerprint density at radius 1 is 1.11 bits per heavy atom. The smallest absolute Gasteiger partial charge is 0.251 e. The summed E-state index contributed by atoms with van der Waals surface area (Å²) in [4.78, 5) is 15.6. The molecule has 0 aliphatic carbocycles. The maximum Gasteiger partial charge on any atom is 0.251 e. The zero-order valence-electron chi connectivity index (χ0n) is 10.8. The van der Waals surface area contributed by atoms with Gasteiger partial charge in [-0.05, 0) is 31.0 Å². The molecule has 1 amide bonds. The average Bonchev–Trinajstić information content (AvgIpc) is 2.42. The first-order valence-electron chi connectivity index (χ1n) is 5.99. The van der Waals surface area contributed by atoms with Crippen LogP contribution < -0.4 is 5.32 Å². The second-order valence-electron chi connectivity index (χ2n) is 4.23. The molecule has 1 N–H and O–H groups in total. The Morgan fingerprint density at radius 2 is 1.74 bits per heavy atom. The number of amides is 1. The van der Waals surface area contributed by atoms with Crippen molar-refractivity contribution >= 4 is 18.3 Å². The highest BCUT2D eigenvalue weighted by atomic mass is 35.5. The van der Waals surface area contributed by atoms with Gasteiger partial charge in [0.2, 0.25) is 0 Å². The number of halogens is 1. The quantitative estimate of drug-likeness (QED) is 0.933. The number of aromatic nitrogens is 1. The number of pyridine rings is 1. The van der Waals surface area contributed by atoms with Crippen LogP contribution in [0.3, 0.4) is 0 Å². The molecule has 1 aromatic carbocycles. The number of carbonyl (C=O) groups is 1. The third-order valence-corrected chi connectivity index (χ3v) is 2.76. The van der Waals surface area contributed by atoms with E-state index in [0.29, 0.717) is 12.1 Å². The fourth-order valence-electron chi connectivity index (χ4n) is 1.68. The van der Waals surface area contributed by atoms with Gasteiger partial charge in [0.1, 0.15) is 0 Å². The number of rotatable bonds is 4. The van der Waals surface area contributed by atoms with Crippen LogP contribution in [0.4, 0.5) is 0 Å². The Kier molecular flexibility index (Phi) is 6.03. The summed E-state index contributed by atoms with van der Waals surface area (Å²) in [5, 5.41) is 2.90. The van der Waals surface area contributed by atoms with E-state index >= 15 is 0 Å². The molecule has 0 atom stereocenters. The van der Waals surface area contributed by atoms with Crippen LogP contribution in [0, 0.1) is 6.92 Å². The molecule has 0 radical (unpaired) electrons. The van der Waals surface area contributed by atoms with Gasteiger partial charge in [0, 0.05) is 24.5 Å². The molecule has 3 nitrogen and oxygen atoms in total. The van der Waals surface area contributed by atoms with E-state index in [2.05, 4.69) is 41.5 Å². The van der Waals surface area contributed by atoms with Crippen molar-refractivity contribution in [3.63, 3.8) is 0 Å². The molecule has 0 unspecified atom stereocenters. The van der Waals surface area contributed by atoms with Gasteiger partial charge in [-0.2, -0.15) is 0 Å². The molecule has 1 aromatic heterocycles. The molecule has 0 saturated heterocycles. The summed E-state index contributed by atoms with van der Waals surface area (Å²) in [5.41, 5.74) is 3.13. The molecule has 0 fully saturated rings. The van der Waals surface area contributed by atoms with E-state index in [1.54, 1.807) is 24.5 Å². The van der Waals surface area contributed by atoms with Gasteiger partial charge in [-0.3, -0.25) is 9.78 Å². The lowest BCUT2D eigenvalue weighted by Gasteiger charge is -2.05. The predicted octanol–water partition coefficient (Wildman–Crippen LogP) is 2.78. The monoisotopic (exact) mass is 276 g/mol. The molecule has 0 saturated carbocycles. The Labute approximate surface area is 119 Å². The number of nitrogens with zero attached hydrogens (tertiary/aromatic N) is 1. The maximum atomic E-state index is 11.8. The van der Waals surface area contributed by atoms with Crippen molar-refractivity contribution in [2.24, 2.45) is 0 Å². The number of nitrogens with one attached hydrogen (secondary N) is 1. The first-order valence-corrected chi connectivity index (χ1v) is 5.99. The average molecular weight is 277 g/mol. The molecule has 1 heterocycles. The van der Waals surface area contributed by atoms with E-state index in [1.165, 1.54) is 11.1 Å². The molecular weight excluding hydrogens is 260 g/mol. The molecule has 0 bridgehead atoms. The number of hydrogen-bond donors (Lipinski definition) is 1. The molecule has 100 valence electrons. The minimum absolute atomic E-state index is 0. The van der Waals surface area contributed by atoms with Gasteiger partial charge < -0.3 is 5.32 Å². The minimum Gasteiger partial charge on any atom is -0.352 e. The molecule has 0 aliphatic rings. The van der Waals surface area contributed by atoms with Gasteiger partial charge in [-0.1, -0.05) is 29.8 Å². The summed E-state index contributed by atoms with van der Waals surface area (Å²) in [6.07, 6.45) is 4.08. The van der Waals surface area contributed by atoms with E-state index in [-0.39, 0.29) is 18.3 Å². The molecular formula is C15H17ClN2O. The topological polar surface area (TPSA) is 42.0 Å². The third kappa shape index (κ3) is 4.72. The van der Waals surface area contributed by atoms with E-state index in [4.69, 9.17) is 0 Å². The molecule has 0 spiro atoms. The Bertz CT molecular complexity index is 511. The lowest BCUT2D eigenvalue weighted by molar-refractivity contribution is 0.0954. The minimum atomic E-state index is -0.0514. The second kappa shape index (κ2) is 7.54. The fraction of sp³-hybridized carbons (Fsp3) is 0.200. The molecule has 2 aromatic rings. The first-order chi connectivity index (χ1) is 8.75. The van der Waals surface area contributed by atoms with Crippen LogP contribution in [0.15, 0.2) is 48.8 Å². The summed E-state index contributed by atoms with van der Waals surface area (Å²) in [5.74, 6) is -0.0514. The van der Waals surface area contributed by atoms with Crippen LogP contribution in [0.1, 0.15) is 21.5 Å². The van der Waals surface area contributed by atoms with E-state index in [1.807, 2.05) is 0 Å². The summed E-state index contributed by atoms with van der Waals surface area (Å²) in [6, 6.07) is 11.8. The number of hydrogen-bond acceptors (Lipinski definition) is 2. The van der Waals surface area contributed by atoms with Crippen LogP contribution in [0.25, 0.3) is 0 Å². The highest BCUT2D eigenvalue weighted by Gasteiger charge is 2.03. The lowest BCUT2D eigenvalue weighted by Crippen LogP contribution is -2.25. The first kappa shape index (κ1) is 15.2. The highest BCUT2D eigenvalue weighted by Crippen LogP contribution is 2.03. The SMILES string of the molecule is Cc1ccc(CCNC(=O)c2ccncc2)cc1.Cl. The summed E-state index contributed by atoms with van der Waals surface area (Å²) in [7, 11) is 0. The van der Waals surface area contributed by atoms with Gasteiger partial charge in [0.15, 0.2) is 0 Å². The van der Waals surface area contributed by atoms with E-state index in [0.717, 1.165) is 6.42 Å². The van der Waals surface area contributed by atoms with Crippen LogP contribution in [0.5, 0.6) is 0 Å². The predicted molar refractivity (Wildman–Crippen MR) is 78.7 cm³/mol. The van der Waals surface area contributed by atoms with Gasteiger partial charge in [0.05, 0.1) is 0 Å². The number of aryl methyl sites for hydroxylation is 1. The number of benzene rings is 1. The van der Waals surface area contributed by atoms with Gasteiger partial charge in [-0.25, -0.2) is 0 Å². The second-order valence-corrected chi connectivity index (χ2v) is 4.23. The van der Waals surface area contributed by atoms with Crippen molar-refractivity contribution in [1.29, 1.82) is 0 Å². The van der Waals surface area contributed by atoms with Crippen LogP contribution >= 0.6 is 12.4 Å². The normalized spacial score (nSPS) is 9.53. The Balaban J connectivity index is 0.00000180. The lowest BCUT2D eigenvalue weighted by atomic mass is 10.1. The van der Waals surface area contributed by atoms with Crippen molar-refractivity contribution in [1.82, 2.24) is 10.3 Å². The molecule has 19 heavy (non-hydrogen) atoms. The number of carbonyl (C=O) groups excluding carboxylic acids is 1. The van der Waals surface area contributed by atoms with Crippen LogP contribution in [-0.4, -0.2) is 17.4 Å². The summed E-state index contributed by atoms with van der Waals surface area (Å²) in [6.45, 7) is 2.71. The van der Waals surface area contributed by atoms with E-state index in [9.17, 15) is 4.79 Å². The Hall–Kier alpha value is -1.87. The van der Waals surface area contributed by atoms with Crippen LogP contribution in [0.2, 0.25) is 0 Å². The maximum absolute atomic E-state index is 11.8. The van der Waals surface area contributed by atoms with Crippen LogP contribution in [-0.2, 0) is 6.42 Å². The van der Waals surface area contributed by atoms with Gasteiger partial charge in [-0.15, -0.1) is 12.4 Å². The standard InChI is InChI=1S/C15H16N2O.ClH/c1-12-2-4-13(5-3-12)6-11-17-15(18)14-7-9-16-10-8-14;/h2-5,7-10H,6,11H2,1H3,(H,17,18);1H. The zero-order valence-corrected chi connectivity index (χ0v) is 11.6. The summed E-state index contributed by atoms with van der Waals surface area (Å²) >= 11 is 0. The van der Waals surface area contributed by atoms with Crippen molar-refractivity contribution in [2.75, 3.05) is 6.54 Å². The van der Waals surface area contributed by atoms with Gasteiger partial charge >= 0.3 is 0 Å². The van der Waals surface area contributed by atoms with Crippen molar-refractivity contribution in [3.8, 4) is 0 Å². The Morgan fingerprint density at radius 3 is 2.37 bits per heavy atom. The van der Waals surface area contributed by atoms with Gasteiger partial charge in [0.25, 0.3) is 5.91 Å².